The van der Waals surface area contributed by atoms with E-state index < -0.39 is 5.91 Å². The summed E-state index contributed by atoms with van der Waals surface area (Å²) >= 11 is 6.17. The van der Waals surface area contributed by atoms with Crippen molar-refractivity contribution in [3.63, 3.8) is 0 Å². The largest absolute Gasteiger partial charge is 0.496 e. The van der Waals surface area contributed by atoms with Crippen molar-refractivity contribution in [1.29, 1.82) is 0 Å². The quantitative estimate of drug-likeness (QED) is 0.821. The highest BCUT2D eigenvalue weighted by molar-refractivity contribution is 6.32. The zero-order valence-corrected chi connectivity index (χ0v) is 15.2. The van der Waals surface area contributed by atoms with Crippen LogP contribution in [0.25, 0.3) is 0 Å². The van der Waals surface area contributed by atoms with Gasteiger partial charge in [0.25, 0.3) is 11.8 Å². The highest BCUT2D eigenvalue weighted by Gasteiger charge is 2.35. The Morgan fingerprint density at radius 2 is 1.65 bits per heavy atom. The first-order valence-electron chi connectivity index (χ1n) is 8.02. The second-order valence-electron chi connectivity index (χ2n) is 5.60. The van der Waals surface area contributed by atoms with Gasteiger partial charge in [-0.1, -0.05) is 11.6 Å². The fraction of sp³-hybridized carbons (Fsp3) is 0.278. The van der Waals surface area contributed by atoms with Crippen LogP contribution in [0, 0.1) is 0 Å². The standard InChI is InChI=1S/C18H18ClN3O4/c1-25-14-5-4-13(19)16(26-2)15(14)18(24)22-11-3-10-21(22)17(23)12-6-8-20-9-7-12/h4-9H,3,10-11H2,1-2H3. The zero-order valence-electron chi connectivity index (χ0n) is 14.4. The molecule has 1 fully saturated rings. The van der Waals surface area contributed by atoms with Gasteiger partial charge in [0, 0.05) is 31.0 Å². The Bertz CT molecular complexity index is 829. The molecule has 0 spiro atoms. The van der Waals surface area contributed by atoms with E-state index in [0.29, 0.717) is 35.8 Å². The molecule has 0 radical (unpaired) electrons. The van der Waals surface area contributed by atoms with Crippen LogP contribution in [0.15, 0.2) is 36.7 Å². The first-order chi connectivity index (χ1) is 12.6. The molecule has 0 bridgehead atoms. The summed E-state index contributed by atoms with van der Waals surface area (Å²) in [6, 6.07) is 6.43. The van der Waals surface area contributed by atoms with Crippen molar-refractivity contribution < 1.29 is 19.1 Å². The molecule has 0 N–H and O–H groups in total. The van der Waals surface area contributed by atoms with Crippen LogP contribution in [0.2, 0.25) is 5.02 Å². The van der Waals surface area contributed by atoms with E-state index in [1.807, 2.05) is 0 Å². The molecule has 1 aromatic carbocycles. The monoisotopic (exact) mass is 375 g/mol. The van der Waals surface area contributed by atoms with E-state index in [-0.39, 0.29) is 17.2 Å². The highest BCUT2D eigenvalue weighted by atomic mass is 35.5. The Morgan fingerprint density at radius 3 is 2.27 bits per heavy atom. The number of carbonyl (C=O) groups is 2. The number of rotatable bonds is 4. The molecule has 7 nitrogen and oxygen atoms in total. The number of ether oxygens (including phenoxy) is 2. The Balaban J connectivity index is 1.97. The van der Waals surface area contributed by atoms with Crippen molar-refractivity contribution in [3.05, 3.63) is 52.8 Å². The van der Waals surface area contributed by atoms with Crippen LogP contribution in [0.5, 0.6) is 11.5 Å². The topological polar surface area (TPSA) is 72.0 Å². The van der Waals surface area contributed by atoms with Crippen molar-refractivity contribution in [2.45, 2.75) is 6.42 Å². The molecular formula is C18H18ClN3O4. The van der Waals surface area contributed by atoms with E-state index in [9.17, 15) is 9.59 Å². The lowest BCUT2D eigenvalue weighted by Gasteiger charge is -2.29. The lowest BCUT2D eigenvalue weighted by Crippen LogP contribution is -2.45. The summed E-state index contributed by atoms with van der Waals surface area (Å²) < 4.78 is 10.6. The number of carbonyl (C=O) groups excluding carboxylic acids is 2. The average molecular weight is 376 g/mol. The van der Waals surface area contributed by atoms with E-state index >= 15 is 0 Å². The first kappa shape index (κ1) is 18.0. The lowest BCUT2D eigenvalue weighted by molar-refractivity contribution is 0.0182. The number of nitrogens with zero attached hydrogens (tertiary/aromatic N) is 3. The Labute approximate surface area is 156 Å². The SMILES string of the molecule is COc1ccc(Cl)c(OC)c1C(=O)N1CCCN1C(=O)c1ccncc1. The maximum Gasteiger partial charge on any atom is 0.280 e. The van der Waals surface area contributed by atoms with E-state index in [4.69, 9.17) is 21.1 Å². The number of benzene rings is 1. The summed E-state index contributed by atoms with van der Waals surface area (Å²) in [5.74, 6) is -0.113. The first-order valence-corrected chi connectivity index (χ1v) is 8.40. The van der Waals surface area contributed by atoms with Gasteiger partial charge in [-0.05, 0) is 30.7 Å². The molecule has 3 rings (SSSR count). The van der Waals surface area contributed by atoms with Crippen molar-refractivity contribution >= 4 is 23.4 Å². The molecule has 2 aromatic rings. The second kappa shape index (κ2) is 7.61. The van der Waals surface area contributed by atoms with Gasteiger partial charge in [0.2, 0.25) is 0 Å². The van der Waals surface area contributed by atoms with Gasteiger partial charge in [0.15, 0.2) is 5.75 Å². The molecule has 1 aliphatic rings. The minimum atomic E-state index is -0.402. The van der Waals surface area contributed by atoms with Crippen LogP contribution in [-0.2, 0) is 0 Å². The maximum absolute atomic E-state index is 13.2. The average Bonchev–Trinajstić information content (AvgIpc) is 3.17. The smallest absolute Gasteiger partial charge is 0.280 e. The molecule has 136 valence electrons. The molecule has 1 aliphatic heterocycles. The third-order valence-electron chi connectivity index (χ3n) is 4.14. The van der Waals surface area contributed by atoms with E-state index in [0.717, 1.165) is 0 Å². The van der Waals surface area contributed by atoms with Gasteiger partial charge >= 0.3 is 0 Å². The van der Waals surface area contributed by atoms with Crippen molar-refractivity contribution in [3.8, 4) is 11.5 Å². The van der Waals surface area contributed by atoms with Crippen molar-refractivity contribution in [2.75, 3.05) is 27.3 Å². The van der Waals surface area contributed by atoms with Gasteiger partial charge in [-0.3, -0.25) is 14.6 Å². The normalized spacial score (nSPS) is 13.7. The summed E-state index contributed by atoms with van der Waals surface area (Å²) in [5.41, 5.74) is 0.654. The fourth-order valence-electron chi connectivity index (χ4n) is 2.92. The number of amides is 2. The molecule has 0 aliphatic carbocycles. The number of hydrogen-bond acceptors (Lipinski definition) is 5. The molecular weight excluding hydrogens is 358 g/mol. The third-order valence-corrected chi connectivity index (χ3v) is 4.43. The molecule has 0 saturated carbocycles. The number of pyridine rings is 1. The van der Waals surface area contributed by atoms with Crippen molar-refractivity contribution in [2.24, 2.45) is 0 Å². The molecule has 26 heavy (non-hydrogen) atoms. The Morgan fingerprint density at radius 1 is 1.00 bits per heavy atom. The molecule has 2 amide bonds. The summed E-state index contributed by atoms with van der Waals surface area (Å²) in [4.78, 5) is 29.9. The summed E-state index contributed by atoms with van der Waals surface area (Å²) in [6.45, 7) is 0.854. The summed E-state index contributed by atoms with van der Waals surface area (Å²) in [5, 5.41) is 3.12. The van der Waals surface area contributed by atoms with Gasteiger partial charge in [0.1, 0.15) is 11.3 Å². The minimum absolute atomic E-state index is 0.192. The highest BCUT2D eigenvalue weighted by Crippen LogP contribution is 2.37. The van der Waals surface area contributed by atoms with Gasteiger partial charge in [-0.15, -0.1) is 0 Å². The molecule has 0 atom stereocenters. The zero-order chi connectivity index (χ0) is 18.7. The second-order valence-corrected chi connectivity index (χ2v) is 6.01. The summed E-state index contributed by atoms with van der Waals surface area (Å²) in [6.07, 6.45) is 3.75. The number of aromatic nitrogens is 1. The predicted octanol–water partition coefficient (Wildman–Crippen LogP) is 2.66. The predicted molar refractivity (Wildman–Crippen MR) is 95.5 cm³/mol. The van der Waals surface area contributed by atoms with E-state index in [1.165, 1.54) is 24.2 Å². The van der Waals surface area contributed by atoms with Gasteiger partial charge in [-0.25, -0.2) is 10.0 Å². The number of halogens is 1. The van der Waals surface area contributed by atoms with Crippen LogP contribution in [0.3, 0.4) is 0 Å². The Hall–Kier alpha value is -2.80. The molecule has 1 saturated heterocycles. The molecule has 1 aromatic heterocycles. The van der Waals surface area contributed by atoms with Crippen LogP contribution < -0.4 is 9.47 Å². The number of methoxy groups -OCH3 is 2. The van der Waals surface area contributed by atoms with Crippen LogP contribution >= 0.6 is 11.6 Å². The van der Waals surface area contributed by atoms with E-state index in [2.05, 4.69) is 4.98 Å². The fourth-order valence-corrected chi connectivity index (χ4v) is 3.15. The van der Waals surface area contributed by atoms with Gasteiger partial charge in [-0.2, -0.15) is 0 Å². The van der Waals surface area contributed by atoms with Crippen molar-refractivity contribution in [1.82, 2.24) is 15.0 Å². The number of hydrogen-bond donors (Lipinski definition) is 0. The van der Waals surface area contributed by atoms with Crippen LogP contribution in [-0.4, -0.2) is 54.1 Å². The minimum Gasteiger partial charge on any atom is -0.496 e. The maximum atomic E-state index is 13.2. The molecule has 0 unspecified atom stereocenters. The van der Waals surface area contributed by atoms with Gasteiger partial charge in [0.05, 0.1) is 19.2 Å². The van der Waals surface area contributed by atoms with Crippen LogP contribution in [0.1, 0.15) is 27.1 Å². The summed E-state index contributed by atoms with van der Waals surface area (Å²) in [7, 11) is 2.89. The molecule has 2 heterocycles. The molecule has 8 heteroatoms. The van der Waals surface area contributed by atoms with E-state index in [1.54, 1.807) is 36.7 Å². The lowest BCUT2D eigenvalue weighted by atomic mass is 10.1. The Kier molecular flexibility index (Phi) is 5.27. The third kappa shape index (κ3) is 3.17. The van der Waals surface area contributed by atoms with Gasteiger partial charge < -0.3 is 9.47 Å². The van der Waals surface area contributed by atoms with Crippen LogP contribution in [0.4, 0.5) is 0 Å². The number of hydrazine groups is 1.